The molecule has 0 saturated carbocycles. The van der Waals surface area contributed by atoms with Crippen LogP contribution >= 0.6 is 0 Å². The summed E-state index contributed by atoms with van der Waals surface area (Å²) in [6, 6.07) is 3.34. The van der Waals surface area contributed by atoms with Crippen LogP contribution in [0.2, 0.25) is 0 Å². The first-order valence-corrected chi connectivity index (χ1v) is 3.70. The van der Waals surface area contributed by atoms with Gasteiger partial charge in [0.15, 0.2) is 11.5 Å². The molecule has 0 unspecified atom stereocenters. The number of primary amides is 1. The maximum atomic E-state index is 10.2. The minimum atomic E-state index is -0.774. The van der Waals surface area contributed by atoms with Crippen molar-refractivity contribution in [3.63, 3.8) is 0 Å². The van der Waals surface area contributed by atoms with Gasteiger partial charge in [-0.3, -0.25) is 0 Å². The lowest BCUT2D eigenvalue weighted by atomic mass is 10.2. The van der Waals surface area contributed by atoms with Gasteiger partial charge in [-0.25, -0.2) is 10.2 Å². The standard InChI is InChI=1S/C8H9N3O3/c9-8(14)11-10-4-5-1-2-6(12)7(13)3-5/h1-4,12-13H,(H3,9,11,14)/b10-4-. The Morgan fingerprint density at radius 1 is 1.43 bits per heavy atom. The number of carbonyl (C=O) groups excluding carboxylic acids is 1. The lowest BCUT2D eigenvalue weighted by molar-refractivity contribution is 0.249. The van der Waals surface area contributed by atoms with Crippen LogP contribution in [0.3, 0.4) is 0 Å². The molecule has 1 aromatic carbocycles. The van der Waals surface area contributed by atoms with Gasteiger partial charge in [0, 0.05) is 0 Å². The number of aromatic hydroxyl groups is 2. The Kier molecular flexibility index (Phi) is 2.90. The minimum absolute atomic E-state index is 0.218. The maximum absolute atomic E-state index is 10.2. The molecule has 6 heteroatoms. The van der Waals surface area contributed by atoms with Crippen molar-refractivity contribution in [2.75, 3.05) is 0 Å². The third kappa shape index (κ3) is 2.67. The van der Waals surface area contributed by atoms with Gasteiger partial charge in [-0.15, -0.1) is 0 Å². The summed E-state index contributed by atoms with van der Waals surface area (Å²) in [5.74, 6) is -0.474. The first kappa shape index (κ1) is 9.85. The number of hydrogen-bond acceptors (Lipinski definition) is 4. The van der Waals surface area contributed by atoms with Gasteiger partial charge in [-0.05, 0) is 23.8 Å². The number of rotatable bonds is 2. The third-order valence-corrected chi connectivity index (χ3v) is 1.39. The average Bonchev–Trinajstić information content (AvgIpc) is 2.10. The van der Waals surface area contributed by atoms with Crippen LogP contribution in [0, 0.1) is 0 Å². The summed E-state index contributed by atoms with van der Waals surface area (Å²) >= 11 is 0. The molecule has 6 nitrogen and oxygen atoms in total. The molecule has 0 spiro atoms. The first-order chi connectivity index (χ1) is 6.59. The molecule has 2 amide bonds. The number of nitrogens with one attached hydrogen (secondary N) is 1. The monoisotopic (exact) mass is 195 g/mol. The highest BCUT2D eigenvalue weighted by Gasteiger charge is 1.97. The van der Waals surface area contributed by atoms with E-state index in [-0.39, 0.29) is 11.5 Å². The van der Waals surface area contributed by atoms with Crippen LogP contribution in [0.15, 0.2) is 23.3 Å². The molecule has 1 rings (SSSR count). The number of carbonyl (C=O) groups is 1. The number of hydrogen-bond donors (Lipinski definition) is 4. The van der Waals surface area contributed by atoms with E-state index in [4.69, 9.17) is 15.9 Å². The van der Waals surface area contributed by atoms with Gasteiger partial charge in [0.2, 0.25) is 0 Å². The summed E-state index contributed by atoms with van der Waals surface area (Å²) in [5.41, 5.74) is 7.27. The molecule has 0 radical (unpaired) electrons. The van der Waals surface area contributed by atoms with Crippen molar-refractivity contribution in [3.05, 3.63) is 23.8 Å². The minimum Gasteiger partial charge on any atom is -0.504 e. The molecule has 0 heterocycles. The van der Waals surface area contributed by atoms with E-state index in [9.17, 15) is 4.79 Å². The summed E-state index contributed by atoms with van der Waals surface area (Å²) in [5, 5.41) is 21.5. The molecule has 0 aliphatic heterocycles. The number of phenolic OH excluding ortho intramolecular Hbond substituents is 2. The van der Waals surface area contributed by atoms with Gasteiger partial charge in [-0.1, -0.05) is 0 Å². The van der Waals surface area contributed by atoms with Gasteiger partial charge >= 0.3 is 6.03 Å². The molecular formula is C8H9N3O3. The molecule has 74 valence electrons. The summed E-state index contributed by atoms with van der Waals surface area (Å²) in [6.07, 6.45) is 1.28. The summed E-state index contributed by atoms with van der Waals surface area (Å²) < 4.78 is 0. The highest BCUT2D eigenvalue weighted by Crippen LogP contribution is 2.23. The molecule has 1 aromatic rings. The number of amides is 2. The predicted octanol–water partition coefficient (Wildman–Crippen LogP) is 0.1000. The lowest BCUT2D eigenvalue weighted by Crippen LogP contribution is -2.24. The predicted molar refractivity (Wildman–Crippen MR) is 50.1 cm³/mol. The molecule has 14 heavy (non-hydrogen) atoms. The Hall–Kier alpha value is -2.24. The maximum Gasteiger partial charge on any atom is 0.332 e. The van der Waals surface area contributed by atoms with Crippen LogP contribution < -0.4 is 11.2 Å². The van der Waals surface area contributed by atoms with E-state index < -0.39 is 6.03 Å². The van der Waals surface area contributed by atoms with Crippen LogP contribution in [0.5, 0.6) is 11.5 Å². The molecule has 0 aliphatic carbocycles. The highest BCUT2D eigenvalue weighted by atomic mass is 16.3. The average molecular weight is 195 g/mol. The topological polar surface area (TPSA) is 108 Å². The molecule has 0 fully saturated rings. The van der Waals surface area contributed by atoms with Crippen LogP contribution in [0.1, 0.15) is 5.56 Å². The van der Waals surface area contributed by atoms with Crippen LogP contribution in [-0.2, 0) is 0 Å². The van der Waals surface area contributed by atoms with Crippen LogP contribution in [0.4, 0.5) is 4.79 Å². The van der Waals surface area contributed by atoms with Gasteiger partial charge in [0.25, 0.3) is 0 Å². The normalized spacial score (nSPS) is 10.3. The van der Waals surface area contributed by atoms with E-state index in [0.29, 0.717) is 5.56 Å². The van der Waals surface area contributed by atoms with Gasteiger partial charge in [0.05, 0.1) is 6.21 Å². The Morgan fingerprint density at radius 3 is 2.71 bits per heavy atom. The Balaban J connectivity index is 2.73. The smallest absolute Gasteiger partial charge is 0.332 e. The van der Waals surface area contributed by atoms with Crippen LogP contribution in [0.25, 0.3) is 0 Å². The second-order valence-electron chi connectivity index (χ2n) is 2.48. The fourth-order valence-electron chi connectivity index (χ4n) is 0.791. The number of phenols is 2. The largest absolute Gasteiger partial charge is 0.504 e. The second kappa shape index (κ2) is 4.13. The Labute approximate surface area is 79.7 Å². The zero-order chi connectivity index (χ0) is 10.6. The van der Waals surface area contributed by atoms with Crippen molar-refractivity contribution in [2.45, 2.75) is 0 Å². The van der Waals surface area contributed by atoms with Crippen molar-refractivity contribution >= 4 is 12.2 Å². The molecular weight excluding hydrogens is 186 g/mol. The fourth-order valence-corrected chi connectivity index (χ4v) is 0.791. The number of hydrazone groups is 1. The lowest BCUT2D eigenvalue weighted by Gasteiger charge is -1.97. The molecule has 0 saturated heterocycles. The highest BCUT2D eigenvalue weighted by molar-refractivity contribution is 5.82. The van der Waals surface area contributed by atoms with Crippen molar-refractivity contribution in [3.8, 4) is 11.5 Å². The summed E-state index contributed by atoms with van der Waals surface area (Å²) in [4.78, 5) is 10.2. The summed E-state index contributed by atoms with van der Waals surface area (Å²) in [7, 11) is 0. The van der Waals surface area contributed by atoms with Gasteiger partial charge in [-0.2, -0.15) is 5.10 Å². The molecule has 0 bridgehead atoms. The number of nitrogens with two attached hydrogens (primary N) is 1. The SMILES string of the molecule is NC(=O)N/N=C\c1ccc(O)c(O)c1. The Morgan fingerprint density at radius 2 is 2.14 bits per heavy atom. The van der Waals surface area contributed by atoms with Crippen molar-refractivity contribution in [2.24, 2.45) is 10.8 Å². The van der Waals surface area contributed by atoms with E-state index in [0.717, 1.165) is 0 Å². The quantitative estimate of drug-likeness (QED) is 0.305. The third-order valence-electron chi connectivity index (χ3n) is 1.39. The second-order valence-corrected chi connectivity index (χ2v) is 2.48. The van der Waals surface area contributed by atoms with Crippen molar-refractivity contribution < 1.29 is 15.0 Å². The number of benzene rings is 1. The first-order valence-electron chi connectivity index (χ1n) is 3.70. The summed E-state index contributed by atoms with van der Waals surface area (Å²) in [6.45, 7) is 0. The van der Waals surface area contributed by atoms with Gasteiger partial charge in [0.1, 0.15) is 0 Å². The van der Waals surface area contributed by atoms with Crippen LogP contribution in [-0.4, -0.2) is 22.5 Å². The molecule has 5 N–H and O–H groups in total. The van der Waals surface area contributed by atoms with E-state index in [2.05, 4.69) is 5.10 Å². The number of nitrogens with zero attached hydrogens (tertiary/aromatic N) is 1. The van der Waals surface area contributed by atoms with Crippen molar-refractivity contribution in [1.29, 1.82) is 0 Å². The zero-order valence-corrected chi connectivity index (χ0v) is 7.14. The Bertz CT molecular complexity index is 376. The zero-order valence-electron chi connectivity index (χ0n) is 7.14. The molecule has 0 aromatic heterocycles. The van der Waals surface area contributed by atoms with Crippen molar-refractivity contribution in [1.82, 2.24) is 5.43 Å². The van der Waals surface area contributed by atoms with E-state index in [1.165, 1.54) is 24.4 Å². The number of urea groups is 1. The van der Waals surface area contributed by atoms with Gasteiger partial charge < -0.3 is 15.9 Å². The fraction of sp³-hybridized carbons (Fsp3) is 0. The molecule has 0 atom stereocenters. The van der Waals surface area contributed by atoms with E-state index in [1.54, 1.807) is 0 Å². The van der Waals surface area contributed by atoms with E-state index in [1.807, 2.05) is 5.43 Å². The molecule has 0 aliphatic rings. The van der Waals surface area contributed by atoms with E-state index >= 15 is 0 Å².